The Morgan fingerprint density at radius 3 is 2.93 bits per heavy atom. The first-order valence-corrected chi connectivity index (χ1v) is 8.99. The Morgan fingerprint density at radius 2 is 2.07 bits per heavy atom. The first-order valence-electron chi connectivity index (χ1n) is 8.99. The molecule has 134 valence electrons. The van der Waals surface area contributed by atoms with E-state index in [1.165, 1.54) is 0 Å². The smallest absolute Gasteiger partial charge is 0.274 e. The minimum absolute atomic E-state index is 0.204. The van der Waals surface area contributed by atoms with Crippen molar-refractivity contribution in [2.75, 3.05) is 5.32 Å². The van der Waals surface area contributed by atoms with Crippen LogP contribution in [0.3, 0.4) is 0 Å². The van der Waals surface area contributed by atoms with Gasteiger partial charge in [-0.3, -0.25) is 9.20 Å². The third kappa shape index (κ3) is 2.89. The van der Waals surface area contributed by atoms with Gasteiger partial charge in [0.1, 0.15) is 11.3 Å². The summed E-state index contributed by atoms with van der Waals surface area (Å²) in [4.78, 5) is 21.4. The molecule has 3 aromatic heterocycles. The lowest BCUT2D eigenvalue weighted by atomic mass is 10.1. The van der Waals surface area contributed by atoms with E-state index in [0.717, 1.165) is 47.0 Å². The van der Waals surface area contributed by atoms with Crippen LogP contribution in [0.2, 0.25) is 0 Å². The molecule has 1 fully saturated rings. The van der Waals surface area contributed by atoms with Crippen LogP contribution < -0.4 is 5.32 Å². The number of nitrogens with zero attached hydrogens (tertiary/aromatic N) is 3. The fourth-order valence-electron chi connectivity index (χ4n) is 3.14. The maximum absolute atomic E-state index is 12.8. The number of rotatable bonds is 4. The molecule has 0 bridgehead atoms. The predicted octanol–water partition coefficient (Wildman–Crippen LogP) is 4.43. The van der Waals surface area contributed by atoms with Crippen LogP contribution in [-0.4, -0.2) is 20.3 Å². The van der Waals surface area contributed by atoms with Gasteiger partial charge in [0.05, 0.1) is 12.4 Å². The van der Waals surface area contributed by atoms with Gasteiger partial charge in [-0.1, -0.05) is 18.2 Å². The molecule has 0 atom stereocenters. The standard InChI is InChI=1S/C21H18N4O2/c1-13-5-6-15(18-12-23-21(27-18)14-7-8-14)10-16(13)24-20(26)17-11-22-19-4-2-3-9-25(17)19/h2-6,9-12,14H,7-8H2,1H3,(H,24,26). The number of benzene rings is 1. The van der Waals surface area contributed by atoms with Crippen molar-refractivity contribution in [2.24, 2.45) is 0 Å². The quantitative estimate of drug-likeness (QED) is 0.586. The van der Waals surface area contributed by atoms with Crippen LogP contribution in [0.1, 0.15) is 40.7 Å². The third-order valence-electron chi connectivity index (χ3n) is 4.87. The van der Waals surface area contributed by atoms with Crippen molar-refractivity contribution in [2.45, 2.75) is 25.7 Å². The minimum atomic E-state index is -0.204. The molecular formula is C21H18N4O2. The molecule has 1 aliphatic carbocycles. The minimum Gasteiger partial charge on any atom is -0.440 e. The summed E-state index contributed by atoms with van der Waals surface area (Å²) < 4.78 is 7.66. The molecule has 1 amide bonds. The molecule has 0 spiro atoms. The van der Waals surface area contributed by atoms with E-state index in [4.69, 9.17) is 4.42 Å². The Kier molecular flexibility index (Phi) is 3.57. The molecule has 0 aliphatic heterocycles. The highest BCUT2D eigenvalue weighted by Crippen LogP contribution is 2.40. The molecule has 4 aromatic rings. The number of anilines is 1. The molecule has 1 aromatic carbocycles. The van der Waals surface area contributed by atoms with Gasteiger partial charge in [0.25, 0.3) is 5.91 Å². The van der Waals surface area contributed by atoms with Crippen molar-refractivity contribution in [3.8, 4) is 11.3 Å². The molecular weight excluding hydrogens is 340 g/mol. The van der Waals surface area contributed by atoms with Crippen LogP contribution in [-0.2, 0) is 0 Å². The summed E-state index contributed by atoms with van der Waals surface area (Å²) in [5.41, 5.74) is 3.84. The van der Waals surface area contributed by atoms with Crippen molar-refractivity contribution in [3.63, 3.8) is 0 Å². The first-order chi connectivity index (χ1) is 13.2. The molecule has 0 radical (unpaired) electrons. The number of oxazole rings is 1. The Hall–Kier alpha value is -3.41. The Balaban J connectivity index is 1.44. The Bertz CT molecular complexity index is 1150. The molecule has 6 heteroatoms. The monoisotopic (exact) mass is 358 g/mol. The number of carbonyl (C=O) groups excluding carboxylic acids is 1. The molecule has 0 saturated heterocycles. The van der Waals surface area contributed by atoms with Gasteiger partial charge in [-0.2, -0.15) is 0 Å². The largest absolute Gasteiger partial charge is 0.440 e. The molecule has 1 N–H and O–H groups in total. The number of amides is 1. The first kappa shape index (κ1) is 15.8. The normalized spacial score (nSPS) is 13.8. The fraction of sp³-hybridized carbons (Fsp3) is 0.190. The summed E-state index contributed by atoms with van der Waals surface area (Å²) >= 11 is 0. The number of carbonyl (C=O) groups is 1. The van der Waals surface area contributed by atoms with Gasteiger partial charge in [0.2, 0.25) is 0 Å². The number of imidazole rings is 1. The maximum Gasteiger partial charge on any atom is 0.274 e. The number of pyridine rings is 1. The summed E-state index contributed by atoms with van der Waals surface area (Å²) in [7, 11) is 0. The van der Waals surface area contributed by atoms with Crippen molar-refractivity contribution in [1.29, 1.82) is 0 Å². The average molecular weight is 358 g/mol. The predicted molar refractivity (Wildman–Crippen MR) is 102 cm³/mol. The molecule has 0 unspecified atom stereocenters. The lowest BCUT2D eigenvalue weighted by Crippen LogP contribution is -2.15. The number of fused-ring (bicyclic) bond motifs is 1. The SMILES string of the molecule is Cc1ccc(-c2cnc(C3CC3)o2)cc1NC(=O)c1cnc2ccccn12. The lowest BCUT2D eigenvalue weighted by Gasteiger charge is -2.10. The second-order valence-electron chi connectivity index (χ2n) is 6.89. The number of aryl methyl sites for hydroxylation is 1. The zero-order valence-corrected chi connectivity index (χ0v) is 14.8. The van der Waals surface area contributed by atoms with E-state index in [0.29, 0.717) is 11.6 Å². The van der Waals surface area contributed by atoms with Gasteiger partial charge in [-0.05, 0) is 43.5 Å². The number of aromatic nitrogens is 3. The van der Waals surface area contributed by atoms with Crippen LogP contribution in [0, 0.1) is 6.92 Å². The summed E-state index contributed by atoms with van der Waals surface area (Å²) in [6, 6.07) is 11.5. The number of hydrogen-bond acceptors (Lipinski definition) is 4. The van der Waals surface area contributed by atoms with Crippen LogP contribution in [0.4, 0.5) is 5.69 Å². The fourth-order valence-corrected chi connectivity index (χ4v) is 3.14. The van der Waals surface area contributed by atoms with E-state index in [9.17, 15) is 4.79 Å². The van der Waals surface area contributed by atoms with Gasteiger partial charge in [-0.15, -0.1) is 0 Å². The topological polar surface area (TPSA) is 72.4 Å². The van der Waals surface area contributed by atoms with E-state index in [1.54, 1.807) is 16.8 Å². The molecule has 1 aliphatic rings. The van der Waals surface area contributed by atoms with Gasteiger partial charge in [0.15, 0.2) is 11.7 Å². The summed E-state index contributed by atoms with van der Waals surface area (Å²) in [5, 5.41) is 2.99. The van der Waals surface area contributed by atoms with Gasteiger partial charge >= 0.3 is 0 Å². The van der Waals surface area contributed by atoms with E-state index in [-0.39, 0.29) is 5.91 Å². The van der Waals surface area contributed by atoms with Gasteiger partial charge in [-0.25, -0.2) is 9.97 Å². The molecule has 5 rings (SSSR count). The molecule has 27 heavy (non-hydrogen) atoms. The average Bonchev–Trinajstić information content (AvgIpc) is 3.25. The zero-order chi connectivity index (χ0) is 18.4. The summed E-state index contributed by atoms with van der Waals surface area (Å²) in [5.74, 6) is 1.80. The summed E-state index contributed by atoms with van der Waals surface area (Å²) in [6.45, 7) is 1.96. The van der Waals surface area contributed by atoms with Crippen molar-refractivity contribution < 1.29 is 9.21 Å². The third-order valence-corrected chi connectivity index (χ3v) is 4.87. The van der Waals surface area contributed by atoms with Gasteiger partial charge < -0.3 is 9.73 Å². The van der Waals surface area contributed by atoms with Crippen LogP contribution >= 0.6 is 0 Å². The second-order valence-corrected chi connectivity index (χ2v) is 6.89. The van der Waals surface area contributed by atoms with E-state index in [2.05, 4.69) is 15.3 Å². The molecule has 3 heterocycles. The van der Waals surface area contributed by atoms with E-state index < -0.39 is 0 Å². The van der Waals surface area contributed by atoms with Crippen LogP contribution in [0.25, 0.3) is 17.0 Å². The second kappa shape index (κ2) is 6.09. The van der Waals surface area contributed by atoms with Crippen LogP contribution in [0.5, 0.6) is 0 Å². The van der Waals surface area contributed by atoms with Gasteiger partial charge in [0, 0.05) is 23.4 Å². The Labute approximate surface area is 155 Å². The van der Waals surface area contributed by atoms with Crippen LogP contribution in [0.15, 0.2) is 59.4 Å². The van der Waals surface area contributed by atoms with E-state index in [1.807, 2.05) is 49.5 Å². The number of nitrogens with one attached hydrogen (secondary N) is 1. The molecule has 6 nitrogen and oxygen atoms in total. The summed E-state index contributed by atoms with van der Waals surface area (Å²) in [6.07, 6.45) is 7.47. The van der Waals surface area contributed by atoms with Crippen molar-refractivity contribution >= 4 is 17.2 Å². The van der Waals surface area contributed by atoms with Crippen molar-refractivity contribution in [1.82, 2.24) is 14.4 Å². The lowest BCUT2D eigenvalue weighted by molar-refractivity contribution is 0.102. The van der Waals surface area contributed by atoms with E-state index >= 15 is 0 Å². The highest BCUT2D eigenvalue weighted by molar-refractivity contribution is 6.04. The van der Waals surface area contributed by atoms with Crippen molar-refractivity contribution in [3.05, 3.63) is 72.1 Å². The Morgan fingerprint density at radius 1 is 1.19 bits per heavy atom. The highest BCUT2D eigenvalue weighted by atomic mass is 16.4. The zero-order valence-electron chi connectivity index (χ0n) is 14.8. The maximum atomic E-state index is 12.8. The highest BCUT2D eigenvalue weighted by Gasteiger charge is 2.28. The molecule has 1 saturated carbocycles. The number of hydrogen-bond donors (Lipinski definition) is 1.